The number of alkyl halides is 1. The van der Waals surface area contributed by atoms with Crippen molar-refractivity contribution < 1.29 is 19.1 Å². The van der Waals surface area contributed by atoms with Gasteiger partial charge < -0.3 is 0 Å². The number of carbonyl (C=O) groups excluding carboxylic acids is 1. The number of rotatable bonds is 3. The van der Waals surface area contributed by atoms with Gasteiger partial charge in [0.2, 0.25) is 0 Å². The first-order valence-electron chi connectivity index (χ1n) is 8.79. The van der Waals surface area contributed by atoms with Gasteiger partial charge in [0, 0.05) is 0 Å². The average molecular weight is 461 g/mol. The quantitative estimate of drug-likeness (QED) is 0.365. The molecule has 1 aliphatic rings. The maximum atomic E-state index is 13.3. The minimum atomic E-state index is -0.0826. The third-order valence-corrected chi connectivity index (χ3v) is 7.84. The summed E-state index contributed by atoms with van der Waals surface area (Å²) in [5.74, 6) is 1.16. The molecule has 4 aromatic rings. The van der Waals surface area contributed by atoms with E-state index in [1.165, 1.54) is 0 Å². The zero-order valence-corrected chi connectivity index (χ0v) is 17.4. The van der Waals surface area contributed by atoms with E-state index in [1.807, 2.05) is 30.3 Å². The molecule has 1 aliphatic heterocycles. The number of ether oxygens (including phenoxy) is 1. The molecule has 142 valence electrons. The van der Waals surface area contributed by atoms with E-state index >= 15 is 0 Å². The van der Waals surface area contributed by atoms with Crippen molar-refractivity contribution in [2.75, 3.05) is 24.4 Å². The second-order valence-electron chi connectivity index (χ2n) is 6.77. The van der Waals surface area contributed by atoms with Crippen molar-refractivity contribution in [3.63, 3.8) is 0 Å². The van der Waals surface area contributed by atoms with Crippen LogP contribution in [0.2, 0.25) is 0 Å². The Bertz CT molecular complexity index is 1200. The van der Waals surface area contributed by atoms with Crippen LogP contribution < -0.4 is 9.64 Å². The molecule has 1 atom stereocenters. The maximum absolute atomic E-state index is 13.3. The summed E-state index contributed by atoms with van der Waals surface area (Å²) in [6, 6.07) is 11.0. The predicted molar refractivity (Wildman–Crippen MR) is 110 cm³/mol. The molecule has 0 unspecified atom stereocenters. The zero-order chi connectivity index (χ0) is 19.4. The summed E-state index contributed by atoms with van der Waals surface area (Å²) in [7, 11) is 1.61. The van der Waals surface area contributed by atoms with E-state index in [9.17, 15) is 9.90 Å². The van der Waals surface area contributed by atoms with Gasteiger partial charge in [0.15, 0.2) is 0 Å². The van der Waals surface area contributed by atoms with Crippen molar-refractivity contribution in [2.24, 2.45) is 0 Å². The van der Waals surface area contributed by atoms with Crippen LogP contribution in [-0.4, -0.2) is 45.1 Å². The number of hydrogen-bond donors (Lipinski definition) is 1. The number of aromatic hydroxyl groups is 1. The Kier molecular flexibility index (Phi) is 4.16. The molecule has 28 heavy (non-hydrogen) atoms. The van der Waals surface area contributed by atoms with Crippen LogP contribution in [0.25, 0.3) is 20.6 Å². The molecule has 0 fully saturated rings. The third-order valence-electron chi connectivity index (χ3n) is 5.23. The van der Waals surface area contributed by atoms with Gasteiger partial charge in [-0.1, -0.05) is 0 Å². The monoisotopic (exact) mass is 461 g/mol. The summed E-state index contributed by atoms with van der Waals surface area (Å²) in [4.78, 5) is 15.0. The molecular formula is C21H16ClNO4Se. The molecule has 2 aromatic carbocycles. The number of anilines is 1. The first-order chi connectivity index (χ1) is 13.6. The topological polar surface area (TPSA) is 62.9 Å². The van der Waals surface area contributed by atoms with Crippen LogP contribution in [0.5, 0.6) is 11.5 Å². The predicted octanol–water partition coefficient (Wildman–Crippen LogP) is 4.34. The average Bonchev–Trinajstić information content (AvgIpc) is 3.40. The number of methoxy groups -OCH3 is 1. The Balaban J connectivity index is 1.67. The van der Waals surface area contributed by atoms with Gasteiger partial charge in [0.05, 0.1) is 0 Å². The van der Waals surface area contributed by atoms with E-state index in [4.69, 9.17) is 20.8 Å². The molecule has 5 nitrogen and oxygen atoms in total. The molecule has 0 bridgehead atoms. The Hall–Kier alpha value is -2.40. The number of benzene rings is 2. The van der Waals surface area contributed by atoms with Crippen LogP contribution in [0.3, 0.4) is 0 Å². The van der Waals surface area contributed by atoms with Gasteiger partial charge >= 0.3 is 172 Å². The second kappa shape index (κ2) is 6.59. The molecule has 0 radical (unpaired) electrons. The van der Waals surface area contributed by atoms with Crippen LogP contribution >= 0.6 is 11.6 Å². The van der Waals surface area contributed by atoms with Crippen molar-refractivity contribution in [1.82, 2.24) is 0 Å². The molecule has 2 aromatic heterocycles. The molecule has 1 amide bonds. The Labute approximate surface area is 171 Å². The fourth-order valence-electron chi connectivity index (χ4n) is 3.90. The number of carbonyl (C=O) groups is 1. The Morgan fingerprint density at radius 2 is 2.18 bits per heavy atom. The van der Waals surface area contributed by atoms with Gasteiger partial charge in [0.1, 0.15) is 0 Å². The first kappa shape index (κ1) is 17.7. The summed E-state index contributed by atoms with van der Waals surface area (Å²) >= 11 is 6.19. The number of halogens is 1. The van der Waals surface area contributed by atoms with Gasteiger partial charge in [-0.15, -0.1) is 0 Å². The van der Waals surface area contributed by atoms with Crippen LogP contribution in [-0.2, 0) is 0 Å². The molecule has 7 heteroatoms. The summed E-state index contributed by atoms with van der Waals surface area (Å²) < 4.78 is 12.6. The van der Waals surface area contributed by atoms with Crippen molar-refractivity contribution in [3.05, 3.63) is 52.7 Å². The van der Waals surface area contributed by atoms with E-state index < -0.39 is 0 Å². The number of phenols is 1. The fraction of sp³-hybridized carbons (Fsp3) is 0.190. The normalized spacial score (nSPS) is 16.1. The molecule has 1 N–H and O–H groups in total. The second-order valence-corrected chi connectivity index (χ2v) is 9.35. The standard InChI is InChI=1S/C21H16ClNO4Se/c1-26-12-2-3-13-14(6-12)20-11(9-22)10-23(15(20)7-16(13)24)21(25)19-8-17-18(28-19)4-5-27-17/h2-8,11,24H,9-10H2,1H3/t11-/m1/s1. The molecule has 3 heterocycles. The van der Waals surface area contributed by atoms with Crippen molar-refractivity contribution in [1.29, 1.82) is 0 Å². The Morgan fingerprint density at radius 1 is 1.32 bits per heavy atom. The zero-order valence-electron chi connectivity index (χ0n) is 14.9. The number of furan rings is 1. The summed E-state index contributed by atoms with van der Waals surface area (Å²) in [6.45, 7) is 0.488. The van der Waals surface area contributed by atoms with Gasteiger partial charge in [-0.2, -0.15) is 0 Å². The number of fused-ring (bicyclic) bond motifs is 4. The summed E-state index contributed by atoms with van der Waals surface area (Å²) in [6.07, 6.45) is 1.65. The fourth-order valence-corrected chi connectivity index (χ4v) is 6.11. The number of phenolic OH excluding ortho intramolecular Hbond substituents is 1. The molecular weight excluding hydrogens is 445 g/mol. The molecule has 0 saturated carbocycles. The molecule has 0 spiro atoms. The summed E-state index contributed by atoms with van der Waals surface area (Å²) in [5, 5.41) is 12.2. The van der Waals surface area contributed by atoms with Crippen molar-refractivity contribution >= 4 is 58.3 Å². The van der Waals surface area contributed by atoms with Crippen LogP contribution in [0.15, 0.2) is 47.1 Å². The number of hydrogen-bond acceptors (Lipinski definition) is 4. The number of nitrogens with zero attached hydrogens (tertiary/aromatic N) is 1. The van der Waals surface area contributed by atoms with Gasteiger partial charge in [-0.25, -0.2) is 0 Å². The van der Waals surface area contributed by atoms with E-state index in [1.54, 1.807) is 24.3 Å². The van der Waals surface area contributed by atoms with E-state index in [0.717, 1.165) is 30.6 Å². The SMILES string of the molecule is COc1ccc2c(O)cc3c(c2c1)[C@H](CCl)CN3C(=O)c1cc2occc2[se]1. The van der Waals surface area contributed by atoms with Gasteiger partial charge in [-0.3, -0.25) is 0 Å². The van der Waals surface area contributed by atoms with Gasteiger partial charge in [0.25, 0.3) is 0 Å². The van der Waals surface area contributed by atoms with Crippen LogP contribution in [0, 0.1) is 0 Å². The minimum absolute atomic E-state index is 0.0127. The van der Waals surface area contributed by atoms with Gasteiger partial charge in [-0.05, 0) is 0 Å². The van der Waals surface area contributed by atoms with Crippen molar-refractivity contribution in [3.8, 4) is 11.5 Å². The van der Waals surface area contributed by atoms with E-state index in [0.29, 0.717) is 23.9 Å². The molecule has 0 saturated heterocycles. The number of amides is 1. The van der Waals surface area contributed by atoms with E-state index in [-0.39, 0.29) is 32.1 Å². The first-order valence-corrected chi connectivity index (χ1v) is 11.0. The van der Waals surface area contributed by atoms with Crippen LogP contribution in [0.1, 0.15) is 20.7 Å². The third kappa shape index (κ3) is 2.56. The molecule has 5 rings (SSSR count). The van der Waals surface area contributed by atoms with Crippen LogP contribution in [0.4, 0.5) is 5.69 Å². The molecule has 0 aliphatic carbocycles. The Morgan fingerprint density at radius 3 is 2.93 bits per heavy atom. The van der Waals surface area contributed by atoms with Crippen molar-refractivity contribution in [2.45, 2.75) is 5.92 Å². The van der Waals surface area contributed by atoms with E-state index in [2.05, 4.69) is 0 Å². The summed E-state index contributed by atoms with van der Waals surface area (Å²) in [5.41, 5.74) is 2.47.